The lowest BCUT2D eigenvalue weighted by Gasteiger charge is -2.21. The first kappa shape index (κ1) is 22.6. The maximum absolute atomic E-state index is 13.2. The Morgan fingerprint density at radius 1 is 1.06 bits per heavy atom. The number of hydrogen-bond acceptors (Lipinski definition) is 4. The van der Waals surface area contributed by atoms with Gasteiger partial charge in [-0.15, -0.1) is 11.8 Å². The summed E-state index contributed by atoms with van der Waals surface area (Å²) in [4.78, 5) is 40.7. The lowest BCUT2D eigenvalue weighted by atomic mass is 9.88. The van der Waals surface area contributed by atoms with E-state index in [1.54, 1.807) is 0 Å². The van der Waals surface area contributed by atoms with Gasteiger partial charge in [0.1, 0.15) is 0 Å². The zero-order valence-electron chi connectivity index (χ0n) is 18.7. The molecule has 1 heterocycles. The summed E-state index contributed by atoms with van der Waals surface area (Å²) < 4.78 is 0. The van der Waals surface area contributed by atoms with Gasteiger partial charge in [-0.2, -0.15) is 0 Å². The fourth-order valence-corrected chi connectivity index (χ4v) is 5.70. The molecule has 0 spiro atoms. The van der Waals surface area contributed by atoms with Crippen molar-refractivity contribution < 1.29 is 14.4 Å². The number of nitrogens with one attached hydrogen (secondary N) is 1. The van der Waals surface area contributed by atoms with E-state index in [-0.39, 0.29) is 30.1 Å². The summed E-state index contributed by atoms with van der Waals surface area (Å²) in [6.45, 7) is 3.97. The van der Waals surface area contributed by atoms with E-state index in [1.165, 1.54) is 23.1 Å². The predicted molar refractivity (Wildman–Crippen MR) is 129 cm³/mol. The Labute approximate surface area is 194 Å². The summed E-state index contributed by atoms with van der Waals surface area (Å²) in [5.41, 5.74) is 3.46. The number of carbonyl (C=O) groups excluding carboxylic acids is 3. The highest BCUT2D eigenvalue weighted by Gasteiger charge is 2.41. The predicted octanol–water partition coefficient (Wildman–Crippen LogP) is 5.50. The third-order valence-electron chi connectivity index (χ3n) is 6.41. The second-order valence-electron chi connectivity index (χ2n) is 8.66. The number of benzene rings is 2. The minimum absolute atomic E-state index is 0.0993. The molecule has 0 radical (unpaired) electrons. The van der Waals surface area contributed by atoms with Crippen LogP contribution in [0.2, 0.25) is 0 Å². The third kappa shape index (κ3) is 4.75. The molecule has 168 valence electrons. The largest absolute Gasteiger partial charge is 0.326 e. The fourth-order valence-electron chi connectivity index (χ4n) is 4.65. The monoisotopic (exact) mass is 450 g/mol. The number of aryl methyl sites for hydroxylation is 2. The number of rotatable bonds is 6. The van der Waals surface area contributed by atoms with Crippen molar-refractivity contribution in [3.63, 3.8) is 0 Å². The molecule has 32 heavy (non-hydrogen) atoms. The molecule has 4 rings (SSSR count). The van der Waals surface area contributed by atoms with Gasteiger partial charge >= 0.3 is 0 Å². The minimum Gasteiger partial charge on any atom is -0.326 e. The normalized spacial score (nSPS) is 19.4. The van der Waals surface area contributed by atoms with E-state index in [9.17, 15) is 14.4 Å². The first-order chi connectivity index (χ1) is 15.5. The van der Waals surface area contributed by atoms with Gasteiger partial charge in [0.2, 0.25) is 17.7 Å². The van der Waals surface area contributed by atoms with Crippen molar-refractivity contribution in [1.82, 2.24) is 0 Å². The number of thioether (sulfide) groups is 1. The van der Waals surface area contributed by atoms with Gasteiger partial charge in [-0.3, -0.25) is 14.4 Å². The zero-order chi connectivity index (χ0) is 22.7. The van der Waals surface area contributed by atoms with Crippen LogP contribution >= 0.6 is 11.8 Å². The van der Waals surface area contributed by atoms with Crippen molar-refractivity contribution in [2.75, 3.05) is 10.2 Å². The van der Waals surface area contributed by atoms with Crippen molar-refractivity contribution in [2.45, 2.75) is 68.9 Å². The lowest BCUT2D eigenvalue weighted by Crippen LogP contribution is -2.32. The van der Waals surface area contributed by atoms with E-state index in [1.807, 2.05) is 56.3 Å². The van der Waals surface area contributed by atoms with Gasteiger partial charge in [-0.05, 0) is 61.6 Å². The molecule has 2 fully saturated rings. The molecule has 2 aromatic rings. The number of nitrogens with zero attached hydrogens (tertiary/aromatic N) is 1. The number of imide groups is 1. The summed E-state index contributed by atoms with van der Waals surface area (Å²) in [5.74, 6) is -0.0887. The van der Waals surface area contributed by atoms with Gasteiger partial charge in [0.05, 0.1) is 10.9 Å². The maximum atomic E-state index is 13.2. The molecule has 0 unspecified atom stereocenters. The Morgan fingerprint density at radius 3 is 2.47 bits per heavy atom. The molecule has 2 aromatic carbocycles. The minimum atomic E-state index is -0.436. The lowest BCUT2D eigenvalue weighted by molar-refractivity contribution is -0.122. The summed E-state index contributed by atoms with van der Waals surface area (Å²) in [5, 5.41) is 2.58. The van der Waals surface area contributed by atoms with Crippen LogP contribution in [0.4, 0.5) is 11.4 Å². The fraction of sp³-hybridized carbons (Fsp3) is 0.423. The van der Waals surface area contributed by atoms with Crippen LogP contribution in [0.1, 0.15) is 56.6 Å². The highest BCUT2D eigenvalue weighted by molar-refractivity contribution is 8.00. The summed E-state index contributed by atoms with van der Waals surface area (Å²) >= 11 is 1.41. The quantitative estimate of drug-likeness (QED) is 0.590. The average molecular weight is 451 g/mol. The second-order valence-corrected chi connectivity index (χ2v) is 9.94. The zero-order valence-corrected chi connectivity index (χ0v) is 19.5. The van der Waals surface area contributed by atoms with Gasteiger partial charge < -0.3 is 5.32 Å². The van der Waals surface area contributed by atoms with Gasteiger partial charge in [-0.1, -0.05) is 44.4 Å². The molecular weight excluding hydrogens is 420 g/mol. The van der Waals surface area contributed by atoms with Crippen molar-refractivity contribution in [1.29, 1.82) is 0 Å². The average Bonchev–Trinajstić information content (AvgIpc) is 3.08. The molecule has 1 N–H and O–H groups in total. The van der Waals surface area contributed by atoms with Crippen LogP contribution in [0.3, 0.4) is 0 Å². The van der Waals surface area contributed by atoms with Crippen molar-refractivity contribution in [3.05, 3.63) is 53.6 Å². The van der Waals surface area contributed by atoms with Gasteiger partial charge in [0.25, 0.3) is 0 Å². The first-order valence-corrected chi connectivity index (χ1v) is 12.4. The highest BCUT2D eigenvalue weighted by atomic mass is 32.2. The number of anilines is 2. The molecule has 1 saturated carbocycles. The Morgan fingerprint density at radius 2 is 1.78 bits per heavy atom. The standard InChI is InChI=1S/C26H30N2O3S/c1-3-18-11-7-8-17(2)24(18)28-23(29)16-22(26(28)31)32-21-14-12-20(13-15-21)27-25(30)19-9-5-4-6-10-19/h7-8,11-15,19,22H,3-6,9-10,16H2,1-2H3,(H,27,30)/t22-/m0/s1. The van der Waals surface area contributed by atoms with Gasteiger partial charge in [0.15, 0.2) is 0 Å². The molecule has 3 amide bonds. The van der Waals surface area contributed by atoms with Crippen molar-refractivity contribution >= 4 is 40.9 Å². The Kier molecular flexibility index (Phi) is 6.99. The summed E-state index contributed by atoms with van der Waals surface area (Å²) in [7, 11) is 0. The van der Waals surface area contributed by atoms with E-state index in [0.717, 1.165) is 59.5 Å². The molecule has 6 heteroatoms. The topological polar surface area (TPSA) is 66.5 Å². The molecule has 5 nitrogen and oxygen atoms in total. The molecule has 0 bridgehead atoms. The summed E-state index contributed by atoms with van der Waals surface area (Å²) in [6, 6.07) is 13.4. The van der Waals surface area contributed by atoms with E-state index in [4.69, 9.17) is 0 Å². The SMILES string of the molecule is CCc1cccc(C)c1N1C(=O)C[C@H](Sc2ccc(NC(=O)C3CCCCC3)cc2)C1=O. The van der Waals surface area contributed by atoms with Crippen LogP contribution in [0.15, 0.2) is 47.4 Å². The molecule has 0 aromatic heterocycles. The van der Waals surface area contributed by atoms with E-state index >= 15 is 0 Å². The molecule has 2 aliphatic rings. The van der Waals surface area contributed by atoms with Crippen molar-refractivity contribution in [2.24, 2.45) is 5.92 Å². The smallest absolute Gasteiger partial charge is 0.247 e. The van der Waals surface area contributed by atoms with Crippen LogP contribution in [0.5, 0.6) is 0 Å². The molecule has 1 aliphatic carbocycles. The molecular formula is C26H30N2O3S. The Bertz CT molecular complexity index is 1010. The first-order valence-electron chi connectivity index (χ1n) is 11.5. The van der Waals surface area contributed by atoms with Gasteiger partial charge in [0, 0.05) is 22.9 Å². The van der Waals surface area contributed by atoms with Crippen LogP contribution in [0, 0.1) is 12.8 Å². The Balaban J connectivity index is 1.42. The number of amides is 3. The third-order valence-corrected chi connectivity index (χ3v) is 7.60. The number of para-hydroxylation sites is 1. The van der Waals surface area contributed by atoms with Gasteiger partial charge in [-0.25, -0.2) is 4.90 Å². The molecule has 1 saturated heterocycles. The number of hydrogen-bond donors (Lipinski definition) is 1. The van der Waals surface area contributed by atoms with Crippen LogP contribution in [-0.2, 0) is 20.8 Å². The molecule has 1 aliphatic heterocycles. The van der Waals surface area contributed by atoms with Crippen LogP contribution in [0.25, 0.3) is 0 Å². The van der Waals surface area contributed by atoms with E-state index in [2.05, 4.69) is 5.32 Å². The van der Waals surface area contributed by atoms with E-state index in [0.29, 0.717) is 0 Å². The summed E-state index contributed by atoms with van der Waals surface area (Å²) in [6.07, 6.45) is 6.37. The van der Waals surface area contributed by atoms with Crippen LogP contribution in [-0.4, -0.2) is 23.0 Å². The maximum Gasteiger partial charge on any atom is 0.247 e. The second kappa shape index (κ2) is 9.90. The molecule has 1 atom stereocenters. The van der Waals surface area contributed by atoms with Crippen LogP contribution < -0.4 is 10.2 Å². The highest BCUT2D eigenvalue weighted by Crippen LogP contribution is 2.37. The van der Waals surface area contributed by atoms with Crippen molar-refractivity contribution in [3.8, 4) is 0 Å². The van der Waals surface area contributed by atoms with E-state index < -0.39 is 5.25 Å². The number of carbonyl (C=O) groups is 3. The Hall–Kier alpha value is -2.60.